The zero-order valence-electron chi connectivity index (χ0n) is 9.72. The van der Waals surface area contributed by atoms with E-state index in [-0.39, 0.29) is 18.0 Å². The molecule has 0 spiro atoms. The molecule has 86 valence electrons. The van der Waals surface area contributed by atoms with E-state index in [0.717, 1.165) is 5.69 Å². The van der Waals surface area contributed by atoms with Crippen molar-refractivity contribution >= 4 is 0 Å². The zero-order chi connectivity index (χ0) is 11.6. The first-order valence-electron chi connectivity index (χ1n) is 5.38. The maximum atomic E-state index is 13.5. The standard InChI is InChI=1S/C11H18F2N2/c1-5-11(12,13)10-7-9(8(3)4)14-15(10)6-2/h7-8H,5-6H2,1-4H3. The van der Waals surface area contributed by atoms with Crippen molar-refractivity contribution in [1.82, 2.24) is 9.78 Å². The SMILES string of the molecule is CCn1nc(C(C)C)cc1C(F)(F)CC. The Morgan fingerprint density at radius 3 is 2.40 bits per heavy atom. The largest absolute Gasteiger partial charge is 0.289 e. The van der Waals surface area contributed by atoms with E-state index in [2.05, 4.69) is 5.10 Å². The van der Waals surface area contributed by atoms with Gasteiger partial charge in [0.2, 0.25) is 0 Å². The highest BCUT2D eigenvalue weighted by Gasteiger charge is 2.33. The van der Waals surface area contributed by atoms with E-state index in [1.54, 1.807) is 0 Å². The Balaban J connectivity index is 3.16. The Morgan fingerprint density at radius 1 is 1.40 bits per heavy atom. The Morgan fingerprint density at radius 2 is 2.00 bits per heavy atom. The fraction of sp³-hybridized carbons (Fsp3) is 0.727. The summed E-state index contributed by atoms with van der Waals surface area (Å²) in [5.74, 6) is -2.58. The van der Waals surface area contributed by atoms with Gasteiger partial charge in [-0.3, -0.25) is 4.68 Å². The van der Waals surface area contributed by atoms with Crippen molar-refractivity contribution in [3.05, 3.63) is 17.5 Å². The van der Waals surface area contributed by atoms with Gasteiger partial charge in [0, 0.05) is 13.0 Å². The summed E-state index contributed by atoms with van der Waals surface area (Å²) >= 11 is 0. The van der Waals surface area contributed by atoms with Crippen LogP contribution in [0.2, 0.25) is 0 Å². The van der Waals surface area contributed by atoms with Crippen LogP contribution in [0.25, 0.3) is 0 Å². The quantitative estimate of drug-likeness (QED) is 0.752. The monoisotopic (exact) mass is 216 g/mol. The lowest BCUT2D eigenvalue weighted by Crippen LogP contribution is -2.17. The van der Waals surface area contributed by atoms with Gasteiger partial charge in [-0.05, 0) is 18.9 Å². The van der Waals surface area contributed by atoms with Crippen LogP contribution in [0.1, 0.15) is 51.4 Å². The molecular formula is C11H18F2N2. The van der Waals surface area contributed by atoms with Crippen molar-refractivity contribution in [1.29, 1.82) is 0 Å². The molecule has 0 aliphatic carbocycles. The van der Waals surface area contributed by atoms with E-state index in [9.17, 15) is 8.78 Å². The van der Waals surface area contributed by atoms with Crippen LogP contribution in [0.15, 0.2) is 6.07 Å². The van der Waals surface area contributed by atoms with E-state index >= 15 is 0 Å². The van der Waals surface area contributed by atoms with E-state index in [0.29, 0.717) is 6.54 Å². The number of hydrogen-bond acceptors (Lipinski definition) is 1. The van der Waals surface area contributed by atoms with Crippen LogP contribution < -0.4 is 0 Å². The van der Waals surface area contributed by atoms with Gasteiger partial charge >= 0.3 is 0 Å². The average molecular weight is 216 g/mol. The number of rotatable bonds is 4. The van der Waals surface area contributed by atoms with Gasteiger partial charge in [0.1, 0.15) is 5.69 Å². The van der Waals surface area contributed by atoms with Crippen molar-refractivity contribution in [2.24, 2.45) is 0 Å². The molecule has 1 aromatic heterocycles. The summed E-state index contributed by atoms with van der Waals surface area (Å²) in [7, 11) is 0. The van der Waals surface area contributed by atoms with Gasteiger partial charge < -0.3 is 0 Å². The molecule has 0 aliphatic rings. The Kier molecular flexibility index (Phi) is 3.47. The van der Waals surface area contributed by atoms with E-state index in [4.69, 9.17) is 0 Å². The Bertz CT molecular complexity index is 329. The fourth-order valence-electron chi connectivity index (χ4n) is 1.44. The smallest absolute Gasteiger partial charge is 0.263 e. The molecule has 15 heavy (non-hydrogen) atoms. The molecule has 1 aromatic rings. The number of aryl methyl sites for hydroxylation is 1. The second-order valence-corrected chi connectivity index (χ2v) is 3.98. The zero-order valence-corrected chi connectivity index (χ0v) is 9.72. The minimum absolute atomic E-state index is 0.0381. The Hall–Kier alpha value is -0.930. The van der Waals surface area contributed by atoms with E-state index in [1.807, 2.05) is 20.8 Å². The molecule has 0 saturated carbocycles. The second kappa shape index (κ2) is 4.29. The summed E-state index contributed by atoms with van der Waals surface area (Å²) in [5, 5.41) is 4.18. The summed E-state index contributed by atoms with van der Waals surface area (Å²) in [5.41, 5.74) is 0.774. The molecule has 0 bridgehead atoms. The molecule has 1 rings (SSSR count). The molecule has 0 aromatic carbocycles. The first-order chi connectivity index (χ1) is 6.92. The molecule has 0 aliphatic heterocycles. The minimum atomic E-state index is -2.77. The molecule has 2 nitrogen and oxygen atoms in total. The maximum Gasteiger partial charge on any atom is 0.289 e. The van der Waals surface area contributed by atoms with Crippen LogP contribution >= 0.6 is 0 Å². The van der Waals surface area contributed by atoms with Crippen LogP contribution in [0.5, 0.6) is 0 Å². The van der Waals surface area contributed by atoms with Gasteiger partial charge in [-0.1, -0.05) is 20.8 Å². The van der Waals surface area contributed by atoms with Gasteiger partial charge in [-0.25, -0.2) is 0 Å². The van der Waals surface area contributed by atoms with Crippen molar-refractivity contribution in [2.45, 2.75) is 52.5 Å². The normalized spacial score (nSPS) is 12.5. The minimum Gasteiger partial charge on any atom is -0.263 e. The summed E-state index contributed by atoms with van der Waals surface area (Å²) in [6.07, 6.45) is -0.184. The second-order valence-electron chi connectivity index (χ2n) is 3.98. The highest BCUT2D eigenvalue weighted by atomic mass is 19.3. The highest BCUT2D eigenvalue weighted by molar-refractivity contribution is 5.17. The lowest BCUT2D eigenvalue weighted by Gasteiger charge is -2.14. The van der Waals surface area contributed by atoms with Crippen LogP contribution in [-0.2, 0) is 12.5 Å². The Labute approximate surface area is 89.3 Å². The van der Waals surface area contributed by atoms with E-state index in [1.165, 1.54) is 17.7 Å². The van der Waals surface area contributed by atoms with Crippen molar-refractivity contribution in [3.63, 3.8) is 0 Å². The number of aromatic nitrogens is 2. The summed E-state index contributed by atoms with van der Waals surface area (Å²) in [6.45, 7) is 7.71. The number of alkyl halides is 2. The van der Waals surface area contributed by atoms with Crippen LogP contribution in [0, 0.1) is 0 Å². The van der Waals surface area contributed by atoms with Crippen LogP contribution in [0.4, 0.5) is 8.78 Å². The third kappa shape index (κ3) is 2.36. The molecule has 0 radical (unpaired) electrons. The highest BCUT2D eigenvalue weighted by Crippen LogP contribution is 2.32. The first-order valence-corrected chi connectivity index (χ1v) is 5.38. The summed E-state index contributed by atoms with van der Waals surface area (Å²) in [4.78, 5) is 0. The molecule has 0 unspecified atom stereocenters. The predicted octanol–water partition coefficient (Wildman–Crippen LogP) is 3.53. The van der Waals surface area contributed by atoms with Gasteiger partial charge in [0.15, 0.2) is 0 Å². The van der Waals surface area contributed by atoms with Gasteiger partial charge in [0.25, 0.3) is 5.92 Å². The van der Waals surface area contributed by atoms with Gasteiger partial charge in [0.05, 0.1) is 5.69 Å². The lowest BCUT2D eigenvalue weighted by atomic mass is 10.1. The number of hydrogen-bond donors (Lipinski definition) is 0. The predicted molar refractivity (Wildman–Crippen MR) is 56.2 cm³/mol. The molecule has 0 fully saturated rings. The molecule has 0 atom stereocenters. The van der Waals surface area contributed by atoms with Gasteiger partial charge in [-0.15, -0.1) is 0 Å². The van der Waals surface area contributed by atoms with Gasteiger partial charge in [-0.2, -0.15) is 13.9 Å². The third-order valence-corrected chi connectivity index (χ3v) is 2.51. The van der Waals surface area contributed by atoms with Crippen LogP contribution in [-0.4, -0.2) is 9.78 Å². The molecule has 0 N–H and O–H groups in total. The molecular weight excluding hydrogens is 198 g/mol. The number of nitrogens with zero attached hydrogens (tertiary/aromatic N) is 2. The fourth-order valence-corrected chi connectivity index (χ4v) is 1.44. The molecule has 4 heteroatoms. The van der Waals surface area contributed by atoms with Crippen molar-refractivity contribution in [3.8, 4) is 0 Å². The maximum absolute atomic E-state index is 13.5. The topological polar surface area (TPSA) is 17.8 Å². The first kappa shape index (κ1) is 12.1. The van der Waals surface area contributed by atoms with Crippen molar-refractivity contribution < 1.29 is 8.78 Å². The summed E-state index contributed by atoms with van der Waals surface area (Å²) < 4.78 is 28.5. The summed E-state index contributed by atoms with van der Waals surface area (Å²) in [6, 6.07) is 1.53. The van der Waals surface area contributed by atoms with Crippen LogP contribution in [0.3, 0.4) is 0 Å². The number of halogens is 2. The third-order valence-electron chi connectivity index (χ3n) is 2.51. The average Bonchev–Trinajstić information content (AvgIpc) is 2.62. The molecule has 0 saturated heterocycles. The molecule has 1 heterocycles. The van der Waals surface area contributed by atoms with Crippen molar-refractivity contribution in [2.75, 3.05) is 0 Å². The lowest BCUT2D eigenvalue weighted by molar-refractivity contribution is -0.0172. The van der Waals surface area contributed by atoms with E-state index < -0.39 is 5.92 Å². The molecule has 0 amide bonds.